The van der Waals surface area contributed by atoms with Crippen LogP contribution in [0.1, 0.15) is 38.4 Å². The second kappa shape index (κ2) is 6.12. The molecule has 1 aliphatic rings. The molecule has 5 nitrogen and oxygen atoms in total. The van der Waals surface area contributed by atoms with E-state index in [1.54, 1.807) is 0 Å². The Balaban J connectivity index is 1.76. The van der Waals surface area contributed by atoms with Gasteiger partial charge in [-0.05, 0) is 25.7 Å². The van der Waals surface area contributed by atoms with Crippen LogP contribution in [0, 0.1) is 5.92 Å². The largest absolute Gasteiger partial charge is 0.381 e. The monoisotopic (exact) mass is 239 g/mol. The number of hydrogen-bond acceptors (Lipinski definition) is 5. The first-order valence-corrected chi connectivity index (χ1v) is 6.42. The van der Waals surface area contributed by atoms with Crippen molar-refractivity contribution in [1.29, 1.82) is 0 Å². The maximum atomic E-state index is 5.38. The van der Waals surface area contributed by atoms with Gasteiger partial charge in [-0.2, -0.15) is 4.98 Å². The summed E-state index contributed by atoms with van der Waals surface area (Å²) in [5.74, 6) is 2.09. The van der Waals surface area contributed by atoms with E-state index in [-0.39, 0.29) is 0 Å². The summed E-state index contributed by atoms with van der Waals surface area (Å²) in [6.45, 7) is 6.71. The van der Waals surface area contributed by atoms with Crippen LogP contribution in [0.2, 0.25) is 0 Å². The molecule has 17 heavy (non-hydrogen) atoms. The highest BCUT2D eigenvalue weighted by molar-refractivity contribution is 4.87. The third-order valence-electron chi connectivity index (χ3n) is 3.23. The molecule has 96 valence electrons. The van der Waals surface area contributed by atoms with E-state index in [1.807, 2.05) is 0 Å². The molecule has 0 aliphatic carbocycles. The zero-order valence-electron chi connectivity index (χ0n) is 10.6. The Kier molecular flexibility index (Phi) is 4.50. The summed E-state index contributed by atoms with van der Waals surface area (Å²) < 4.78 is 10.5. The van der Waals surface area contributed by atoms with Crippen LogP contribution in [0.25, 0.3) is 0 Å². The zero-order valence-corrected chi connectivity index (χ0v) is 10.6. The normalized spacial score (nSPS) is 21.9. The van der Waals surface area contributed by atoms with Gasteiger partial charge < -0.3 is 14.6 Å². The van der Waals surface area contributed by atoms with Gasteiger partial charge in [-0.3, -0.25) is 0 Å². The number of rotatable bonds is 6. The first-order chi connectivity index (χ1) is 8.29. The average molecular weight is 239 g/mol. The van der Waals surface area contributed by atoms with Crippen LogP contribution in [0.3, 0.4) is 0 Å². The van der Waals surface area contributed by atoms with Crippen LogP contribution in [-0.2, 0) is 17.7 Å². The lowest BCUT2D eigenvalue weighted by Crippen LogP contribution is -2.33. The van der Waals surface area contributed by atoms with Crippen molar-refractivity contribution in [3.63, 3.8) is 0 Å². The third-order valence-corrected chi connectivity index (χ3v) is 3.23. The molecule has 1 aromatic heterocycles. The standard InChI is InChI=1S/C12H21N3O2/c1-3-4-12-14-11(15-17-12)7-13-9(2)10-5-6-16-8-10/h9-10,13H,3-8H2,1-2H3/t9-,10+/m1/s1. The Morgan fingerprint density at radius 2 is 2.41 bits per heavy atom. The van der Waals surface area contributed by atoms with Crippen LogP contribution in [0.5, 0.6) is 0 Å². The Morgan fingerprint density at radius 3 is 3.12 bits per heavy atom. The molecule has 0 spiro atoms. The molecule has 1 saturated heterocycles. The molecule has 0 radical (unpaired) electrons. The van der Waals surface area contributed by atoms with E-state index in [0.717, 1.165) is 44.2 Å². The number of aromatic nitrogens is 2. The van der Waals surface area contributed by atoms with Crippen LogP contribution >= 0.6 is 0 Å². The minimum atomic E-state index is 0.436. The van der Waals surface area contributed by atoms with Gasteiger partial charge in [0.25, 0.3) is 0 Å². The fourth-order valence-corrected chi connectivity index (χ4v) is 2.04. The van der Waals surface area contributed by atoms with Gasteiger partial charge in [-0.25, -0.2) is 0 Å². The van der Waals surface area contributed by atoms with E-state index < -0.39 is 0 Å². The molecule has 0 unspecified atom stereocenters. The van der Waals surface area contributed by atoms with Crippen molar-refractivity contribution in [2.75, 3.05) is 13.2 Å². The molecule has 1 aliphatic heterocycles. The molecular formula is C12H21N3O2. The van der Waals surface area contributed by atoms with Gasteiger partial charge in [0.1, 0.15) is 0 Å². The highest BCUT2D eigenvalue weighted by Gasteiger charge is 2.22. The summed E-state index contributed by atoms with van der Waals surface area (Å²) >= 11 is 0. The maximum Gasteiger partial charge on any atom is 0.226 e. The lowest BCUT2D eigenvalue weighted by molar-refractivity contribution is 0.178. The first-order valence-electron chi connectivity index (χ1n) is 6.42. The minimum Gasteiger partial charge on any atom is -0.381 e. The van der Waals surface area contributed by atoms with Crippen LogP contribution in [0.15, 0.2) is 4.52 Å². The molecule has 2 rings (SSSR count). The fraction of sp³-hybridized carbons (Fsp3) is 0.833. The fourth-order valence-electron chi connectivity index (χ4n) is 2.04. The Morgan fingerprint density at radius 1 is 1.53 bits per heavy atom. The van der Waals surface area contributed by atoms with Crippen molar-refractivity contribution in [3.8, 4) is 0 Å². The van der Waals surface area contributed by atoms with E-state index in [1.165, 1.54) is 0 Å². The highest BCUT2D eigenvalue weighted by Crippen LogP contribution is 2.16. The second-order valence-corrected chi connectivity index (χ2v) is 4.65. The lowest BCUT2D eigenvalue weighted by atomic mass is 10.0. The number of ether oxygens (including phenoxy) is 1. The van der Waals surface area contributed by atoms with Crippen molar-refractivity contribution in [2.24, 2.45) is 5.92 Å². The Hall–Kier alpha value is -0.940. The van der Waals surface area contributed by atoms with E-state index in [4.69, 9.17) is 9.26 Å². The van der Waals surface area contributed by atoms with Gasteiger partial charge in [0, 0.05) is 19.1 Å². The topological polar surface area (TPSA) is 60.2 Å². The van der Waals surface area contributed by atoms with Crippen molar-refractivity contribution in [1.82, 2.24) is 15.5 Å². The van der Waals surface area contributed by atoms with Gasteiger partial charge in [0.2, 0.25) is 5.89 Å². The predicted molar refractivity (Wildman–Crippen MR) is 63.5 cm³/mol. The Labute approximate surface area is 102 Å². The molecule has 0 bridgehead atoms. The van der Waals surface area contributed by atoms with Gasteiger partial charge in [-0.15, -0.1) is 0 Å². The molecule has 0 aromatic carbocycles. The number of nitrogens with zero attached hydrogens (tertiary/aromatic N) is 2. The quantitative estimate of drug-likeness (QED) is 0.816. The molecule has 5 heteroatoms. The molecule has 1 fully saturated rings. The molecule has 2 heterocycles. The number of aryl methyl sites for hydroxylation is 1. The van der Waals surface area contributed by atoms with Crippen LogP contribution in [-0.4, -0.2) is 29.4 Å². The summed E-state index contributed by atoms with van der Waals surface area (Å²) in [5.41, 5.74) is 0. The van der Waals surface area contributed by atoms with Crippen LogP contribution in [0.4, 0.5) is 0 Å². The van der Waals surface area contributed by atoms with Crippen molar-refractivity contribution >= 4 is 0 Å². The maximum absolute atomic E-state index is 5.38. The van der Waals surface area contributed by atoms with Crippen LogP contribution < -0.4 is 5.32 Å². The van der Waals surface area contributed by atoms with E-state index in [9.17, 15) is 0 Å². The average Bonchev–Trinajstić information content (AvgIpc) is 2.97. The zero-order chi connectivity index (χ0) is 12.1. The molecule has 0 amide bonds. The minimum absolute atomic E-state index is 0.436. The van der Waals surface area contributed by atoms with E-state index >= 15 is 0 Å². The van der Waals surface area contributed by atoms with Gasteiger partial charge in [-0.1, -0.05) is 12.1 Å². The SMILES string of the molecule is CCCc1nc(CN[C@H](C)[C@H]2CCOC2)no1. The summed E-state index contributed by atoms with van der Waals surface area (Å²) in [5, 5.41) is 7.38. The second-order valence-electron chi connectivity index (χ2n) is 4.65. The highest BCUT2D eigenvalue weighted by atomic mass is 16.5. The molecule has 0 saturated carbocycles. The first kappa shape index (κ1) is 12.5. The van der Waals surface area contributed by atoms with E-state index in [0.29, 0.717) is 18.5 Å². The summed E-state index contributed by atoms with van der Waals surface area (Å²) in [6, 6.07) is 0.436. The van der Waals surface area contributed by atoms with E-state index in [2.05, 4.69) is 29.3 Å². The lowest BCUT2D eigenvalue weighted by Gasteiger charge is -2.17. The summed E-state index contributed by atoms with van der Waals surface area (Å²) in [6.07, 6.45) is 3.03. The summed E-state index contributed by atoms with van der Waals surface area (Å²) in [7, 11) is 0. The molecule has 1 N–H and O–H groups in total. The molecular weight excluding hydrogens is 218 g/mol. The van der Waals surface area contributed by atoms with Gasteiger partial charge >= 0.3 is 0 Å². The molecule has 2 atom stereocenters. The van der Waals surface area contributed by atoms with Crippen molar-refractivity contribution in [2.45, 2.75) is 45.7 Å². The Bertz CT molecular complexity index is 334. The van der Waals surface area contributed by atoms with Gasteiger partial charge in [0.15, 0.2) is 5.82 Å². The number of hydrogen-bond donors (Lipinski definition) is 1. The third kappa shape index (κ3) is 3.51. The predicted octanol–water partition coefficient (Wildman–Crippen LogP) is 1.54. The smallest absolute Gasteiger partial charge is 0.226 e. The van der Waals surface area contributed by atoms with Gasteiger partial charge in [0.05, 0.1) is 13.2 Å². The van der Waals surface area contributed by atoms with Crippen molar-refractivity contribution in [3.05, 3.63) is 11.7 Å². The molecule has 1 aromatic rings. The van der Waals surface area contributed by atoms with Crippen molar-refractivity contribution < 1.29 is 9.26 Å². The summed E-state index contributed by atoms with van der Waals surface area (Å²) in [4.78, 5) is 4.33. The number of nitrogens with one attached hydrogen (secondary N) is 1.